The van der Waals surface area contributed by atoms with Gasteiger partial charge in [-0.3, -0.25) is 4.79 Å². The summed E-state index contributed by atoms with van der Waals surface area (Å²) in [6.07, 6.45) is 2.18. The molecule has 3 nitrogen and oxygen atoms in total. The number of hydrogen-bond acceptors (Lipinski definition) is 2. The molecule has 2 rings (SSSR count). The molecule has 1 aliphatic heterocycles. The molecule has 19 heavy (non-hydrogen) atoms. The summed E-state index contributed by atoms with van der Waals surface area (Å²) in [6, 6.07) is 8.31. The summed E-state index contributed by atoms with van der Waals surface area (Å²) < 4.78 is 0. The topological polar surface area (TPSA) is 32.3 Å². The molecule has 1 aliphatic rings. The average molecular weight is 260 g/mol. The number of rotatable bonds is 2. The second kappa shape index (κ2) is 6.20. The van der Waals surface area contributed by atoms with Gasteiger partial charge in [-0.05, 0) is 49.9 Å². The van der Waals surface area contributed by atoms with Crippen LogP contribution in [0.5, 0.6) is 0 Å². The molecule has 3 heteroatoms. The third-order valence-electron chi connectivity index (χ3n) is 3.77. The van der Waals surface area contributed by atoms with Gasteiger partial charge in [0.1, 0.15) is 0 Å². The molecule has 1 atom stereocenters. The summed E-state index contributed by atoms with van der Waals surface area (Å²) in [5.41, 5.74) is 2.33. The van der Waals surface area contributed by atoms with E-state index in [2.05, 4.69) is 43.4 Å². The SMILES string of the molecule is CC1NCCCCN(c2ccc(C(C)C)cc2)C1=O. The smallest absolute Gasteiger partial charge is 0.243 e. The minimum Gasteiger partial charge on any atom is -0.311 e. The predicted octanol–water partition coefficient (Wildman–Crippen LogP) is 2.91. The second-order valence-corrected chi connectivity index (χ2v) is 5.62. The fraction of sp³-hybridized carbons (Fsp3) is 0.562. The van der Waals surface area contributed by atoms with E-state index < -0.39 is 0 Å². The first kappa shape index (κ1) is 14.1. The van der Waals surface area contributed by atoms with Gasteiger partial charge in [0, 0.05) is 12.2 Å². The summed E-state index contributed by atoms with van der Waals surface area (Å²) >= 11 is 0. The first-order valence-electron chi connectivity index (χ1n) is 7.24. The van der Waals surface area contributed by atoms with Gasteiger partial charge in [0.05, 0.1) is 6.04 Å². The van der Waals surface area contributed by atoms with Crippen LogP contribution in [0, 0.1) is 0 Å². The number of nitrogens with one attached hydrogen (secondary N) is 1. The molecule has 0 saturated carbocycles. The first-order valence-corrected chi connectivity index (χ1v) is 7.24. The van der Waals surface area contributed by atoms with Crippen LogP contribution in [0.2, 0.25) is 0 Å². The molecule has 1 amide bonds. The maximum Gasteiger partial charge on any atom is 0.243 e. The number of anilines is 1. The van der Waals surface area contributed by atoms with E-state index in [0.717, 1.165) is 31.6 Å². The zero-order valence-corrected chi connectivity index (χ0v) is 12.1. The van der Waals surface area contributed by atoms with E-state index in [1.165, 1.54) is 5.56 Å². The van der Waals surface area contributed by atoms with Crippen LogP contribution < -0.4 is 10.2 Å². The number of benzene rings is 1. The molecule has 0 aromatic heterocycles. The Labute approximate surface area is 116 Å². The van der Waals surface area contributed by atoms with E-state index >= 15 is 0 Å². The molecule has 1 unspecified atom stereocenters. The molecule has 1 fully saturated rings. The third-order valence-corrected chi connectivity index (χ3v) is 3.77. The Hall–Kier alpha value is -1.35. The molecule has 104 valence electrons. The van der Waals surface area contributed by atoms with E-state index in [1.54, 1.807) is 0 Å². The Morgan fingerprint density at radius 2 is 1.89 bits per heavy atom. The Bertz CT molecular complexity index is 425. The van der Waals surface area contributed by atoms with Crippen molar-refractivity contribution in [3.05, 3.63) is 29.8 Å². The third kappa shape index (κ3) is 3.35. The van der Waals surface area contributed by atoms with E-state index in [-0.39, 0.29) is 11.9 Å². The molecule has 1 aromatic carbocycles. The molecule has 1 heterocycles. The van der Waals surface area contributed by atoms with Crippen LogP contribution in [0.4, 0.5) is 5.69 Å². The van der Waals surface area contributed by atoms with Crippen LogP contribution in [0.25, 0.3) is 0 Å². The lowest BCUT2D eigenvalue weighted by Gasteiger charge is -2.29. The van der Waals surface area contributed by atoms with E-state index in [9.17, 15) is 4.79 Å². The van der Waals surface area contributed by atoms with Gasteiger partial charge in [0.15, 0.2) is 0 Å². The van der Waals surface area contributed by atoms with Gasteiger partial charge in [0.25, 0.3) is 0 Å². The maximum atomic E-state index is 12.4. The molecular weight excluding hydrogens is 236 g/mol. The highest BCUT2D eigenvalue weighted by Gasteiger charge is 2.23. The number of hydrogen-bond donors (Lipinski definition) is 1. The van der Waals surface area contributed by atoms with E-state index in [4.69, 9.17) is 0 Å². The second-order valence-electron chi connectivity index (χ2n) is 5.62. The normalized spacial score (nSPS) is 21.4. The molecular formula is C16H24N2O. The van der Waals surface area contributed by atoms with Crippen LogP contribution in [-0.4, -0.2) is 25.0 Å². The van der Waals surface area contributed by atoms with Crippen LogP contribution in [-0.2, 0) is 4.79 Å². The fourth-order valence-electron chi connectivity index (χ4n) is 2.44. The van der Waals surface area contributed by atoms with Crippen molar-refractivity contribution in [3.8, 4) is 0 Å². The number of carbonyl (C=O) groups is 1. The molecule has 0 radical (unpaired) electrons. The summed E-state index contributed by atoms with van der Waals surface area (Å²) in [5, 5.41) is 3.27. The molecule has 0 spiro atoms. The Morgan fingerprint density at radius 3 is 2.53 bits per heavy atom. The van der Waals surface area contributed by atoms with E-state index in [1.807, 2.05) is 11.8 Å². The summed E-state index contributed by atoms with van der Waals surface area (Å²) in [5.74, 6) is 0.703. The predicted molar refractivity (Wildman–Crippen MR) is 79.6 cm³/mol. The highest BCUT2D eigenvalue weighted by molar-refractivity contribution is 5.97. The van der Waals surface area contributed by atoms with Crippen LogP contribution in [0.3, 0.4) is 0 Å². The highest BCUT2D eigenvalue weighted by atomic mass is 16.2. The minimum absolute atomic E-state index is 0.0925. The lowest BCUT2D eigenvalue weighted by atomic mass is 10.0. The van der Waals surface area contributed by atoms with Crippen molar-refractivity contribution >= 4 is 11.6 Å². The Kier molecular flexibility index (Phi) is 4.59. The van der Waals surface area contributed by atoms with Crippen molar-refractivity contribution in [1.82, 2.24) is 5.32 Å². The standard InChI is InChI=1S/C16H24N2O/c1-12(2)14-6-8-15(9-7-14)18-11-5-4-10-17-13(3)16(18)19/h6-9,12-13,17H,4-5,10-11H2,1-3H3. The summed E-state index contributed by atoms with van der Waals surface area (Å²) in [7, 11) is 0. The quantitative estimate of drug-likeness (QED) is 0.886. The molecule has 1 aromatic rings. The fourth-order valence-corrected chi connectivity index (χ4v) is 2.44. The monoisotopic (exact) mass is 260 g/mol. The molecule has 1 N–H and O–H groups in total. The molecule has 1 saturated heterocycles. The zero-order valence-electron chi connectivity index (χ0n) is 12.1. The van der Waals surface area contributed by atoms with Crippen molar-refractivity contribution in [3.63, 3.8) is 0 Å². The number of carbonyl (C=O) groups excluding carboxylic acids is 1. The first-order chi connectivity index (χ1) is 9.09. The number of nitrogens with zero attached hydrogens (tertiary/aromatic N) is 1. The van der Waals surface area contributed by atoms with E-state index in [0.29, 0.717) is 5.92 Å². The molecule has 0 bridgehead atoms. The van der Waals surface area contributed by atoms with Gasteiger partial charge in [-0.15, -0.1) is 0 Å². The molecule has 0 aliphatic carbocycles. The van der Waals surface area contributed by atoms with Crippen LogP contribution in [0.15, 0.2) is 24.3 Å². The van der Waals surface area contributed by atoms with Crippen LogP contribution >= 0.6 is 0 Å². The van der Waals surface area contributed by atoms with Gasteiger partial charge in [-0.1, -0.05) is 26.0 Å². The zero-order chi connectivity index (χ0) is 13.8. The average Bonchev–Trinajstić information content (AvgIpc) is 2.40. The maximum absolute atomic E-state index is 12.4. The lowest BCUT2D eigenvalue weighted by Crippen LogP contribution is -2.47. The van der Waals surface area contributed by atoms with Gasteiger partial charge in [-0.2, -0.15) is 0 Å². The summed E-state index contributed by atoms with van der Waals surface area (Å²) in [4.78, 5) is 14.3. The largest absolute Gasteiger partial charge is 0.311 e. The summed E-state index contributed by atoms with van der Waals surface area (Å²) in [6.45, 7) is 8.08. The van der Waals surface area contributed by atoms with Gasteiger partial charge in [0.2, 0.25) is 5.91 Å². The van der Waals surface area contributed by atoms with Crippen molar-refractivity contribution < 1.29 is 4.79 Å². The van der Waals surface area contributed by atoms with Crippen LogP contribution in [0.1, 0.15) is 45.1 Å². The Balaban J connectivity index is 2.19. The lowest BCUT2D eigenvalue weighted by molar-refractivity contribution is -0.120. The van der Waals surface area contributed by atoms with Crippen molar-refractivity contribution in [2.75, 3.05) is 18.0 Å². The van der Waals surface area contributed by atoms with Gasteiger partial charge < -0.3 is 10.2 Å². The van der Waals surface area contributed by atoms with Crippen molar-refractivity contribution in [1.29, 1.82) is 0 Å². The van der Waals surface area contributed by atoms with Gasteiger partial charge in [-0.25, -0.2) is 0 Å². The van der Waals surface area contributed by atoms with Gasteiger partial charge >= 0.3 is 0 Å². The Morgan fingerprint density at radius 1 is 1.21 bits per heavy atom. The van der Waals surface area contributed by atoms with Crippen molar-refractivity contribution in [2.24, 2.45) is 0 Å². The number of amides is 1. The highest BCUT2D eigenvalue weighted by Crippen LogP contribution is 2.21. The minimum atomic E-state index is -0.0925. The van der Waals surface area contributed by atoms with Crippen molar-refractivity contribution in [2.45, 2.75) is 45.6 Å².